The van der Waals surface area contributed by atoms with Crippen LogP contribution in [0, 0.1) is 0 Å². The first kappa shape index (κ1) is 15.2. The molecule has 9 heteroatoms. The van der Waals surface area contributed by atoms with Crippen molar-refractivity contribution in [2.75, 3.05) is 0 Å². The third-order valence-electron chi connectivity index (χ3n) is 2.52. The monoisotopic (exact) mass is 334 g/mol. The van der Waals surface area contributed by atoms with Gasteiger partial charge in [-0.3, -0.25) is 0 Å². The van der Waals surface area contributed by atoms with Gasteiger partial charge in [-0.2, -0.15) is 10.2 Å². The van der Waals surface area contributed by atoms with E-state index < -0.39 is 14.5 Å². The summed E-state index contributed by atoms with van der Waals surface area (Å²) in [4.78, 5) is -0.195. The van der Waals surface area contributed by atoms with Gasteiger partial charge in [-0.05, 0) is 12.1 Å². The van der Waals surface area contributed by atoms with E-state index >= 15 is 0 Å². The minimum absolute atomic E-state index is 0.106. The predicted octanol–water partition coefficient (Wildman–Crippen LogP) is 2.54. The first-order valence-electron chi connectivity index (χ1n) is 5.64. The van der Waals surface area contributed by atoms with Crippen LogP contribution >= 0.6 is 22.3 Å². The lowest BCUT2D eigenvalue weighted by Gasteiger charge is -2.16. The molecule has 2 heterocycles. The lowest BCUT2D eigenvalue weighted by molar-refractivity contribution is 0.544. The summed E-state index contributed by atoms with van der Waals surface area (Å²) in [6, 6.07) is 3.26. The lowest BCUT2D eigenvalue weighted by atomic mass is 9.92. The van der Waals surface area contributed by atoms with E-state index in [-0.39, 0.29) is 15.7 Å². The van der Waals surface area contributed by atoms with Crippen LogP contribution < -0.4 is 0 Å². The van der Waals surface area contributed by atoms with Crippen molar-refractivity contribution in [2.24, 2.45) is 0 Å². The number of aromatic nitrogens is 4. The molecule has 0 amide bonds. The molecule has 0 aliphatic rings. The first-order chi connectivity index (χ1) is 9.12. The summed E-state index contributed by atoms with van der Waals surface area (Å²) in [7, 11) is 1.45. The molecule has 0 radical (unpaired) electrons. The van der Waals surface area contributed by atoms with E-state index in [0.717, 1.165) is 0 Å². The van der Waals surface area contributed by atoms with Gasteiger partial charge in [-0.25, -0.2) is 13.1 Å². The molecule has 108 valence electrons. The zero-order valence-electron chi connectivity index (χ0n) is 11.0. The summed E-state index contributed by atoms with van der Waals surface area (Å²) in [6.45, 7) is 5.45. The summed E-state index contributed by atoms with van der Waals surface area (Å²) < 4.78 is 24.7. The number of nitrogens with zero attached hydrogens (tertiary/aromatic N) is 4. The minimum atomic E-state index is -4.03. The fourth-order valence-electron chi connectivity index (χ4n) is 1.65. The Balaban J connectivity index is 2.79. The number of halogens is 2. The fourth-order valence-corrected chi connectivity index (χ4v) is 3.59. The van der Waals surface area contributed by atoms with Crippen molar-refractivity contribution in [2.45, 2.75) is 31.1 Å². The highest BCUT2D eigenvalue weighted by atomic mass is 35.7. The SMILES string of the molecule is CC(C)(C)c1nn(-c2cccnn2)c(Cl)c1S(=O)(=O)Cl. The Morgan fingerprint density at radius 2 is 1.95 bits per heavy atom. The van der Waals surface area contributed by atoms with E-state index in [4.69, 9.17) is 22.3 Å². The lowest BCUT2D eigenvalue weighted by Crippen LogP contribution is -2.15. The summed E-state index contributed by atoms with van der Waals surface area (Å²) in [5.41, 5.74) is -0.267. The molecule has 0 unspecified atom stereocenters. The van der Waals surface area contributed by atoms with Gasteiger partial charge in [-0.15, -0.1) is 5.10 Å². The van der Waals surface area contributed by atoms with Gasteiger partial charge in [0.2, 0.25) is 0 Å². The van der Waals surface area contributed by atoms with E-state index in [1.807, 2.05) is 20.8 Å². The minimum Gasteiger partial charge on any atom is -0.207 e. The molecule has 0 aromatic carbocycles. The van der Waals surface area contributed by atoms with Crippen molar-refractivity contribution < 1.29 is 8.42 Å². The summed E-state index contributed by atoms with van der Waals surface area (Å²) in [5.74, 6) is 0.314. The summed E-state index contributed by atoms with van der Waals surface area (Å²) in [6.07, 6.45) is 1.49. The Hall–Kier alpha value is -1.18. The maximum absolute atomic E-state index is 11.8. The van der Waals surface area contributed by atoms with Crippen LogP contribution in [0.1, 0.15) is 26.5 Å². The van der Waals surface area contributed by atoms with Gasteiger partial charge in [0.15, 0.2) is 11.0 Å². The predicted molar refractivity (Wildman–Crippen MR) is 75.9 cm³/mol. The van der Waals surface area contributed by atoms with Gasteiger partial charge >= 0.3 is 0 Å². The molecule has 0 aliphatic carbocycles. The van der Waals surface area contributed by atoms with Crippen LogP contribution in [0.25, 0.3) is 5.82 Å². The fraction of sp³-hybridized carbons (Fsp3) is 0.364. The van der Waals surface area contributed by atoms with Gasteiger partial charge in [0.1, 0.15) is 4.90 Å². The molecular formula is C11H12Cl2N4O2S. The highest BCUT2D eigenvalue weighted by Gasteiger charge is 2.33. The molecule has 0 saturated carbocycles. The van der Waals surface area contributed by atoms with Gasteiger partial charge in [-0.1, -0.05) is 32.4 Å². The smallest absolute Gasteiger partial charge is 0.207 e. The van der Waals surface area contributed by atoms with Crippen molar-refractivity contribution in [3.63, 3.8) is 0 Å². The standard InChI is InChI=1S/C11H12Cl2N4O2S/c1-11(2,3)9-8(20(13,18)19)10(12)17(16-9)7-5-4-6-14-15-7/h4-6H,1-3H3. The Labute approximate surface area is 126 Å². The quantitative estimate of drug-likeness (QED) is 0.788. The maximum Gasteiger partial charge on any atom is 0.266 e. The highest BCUT2D eigenvalue weighted by molar-refractivity contribution is 8.13. The van der Waals surface area contributed by atoms with E-state index in [1.54, 1.807) is 12.1 Å². The topological polar surface area (TPSA) is 77.7 Å². The third-order valence-corrected chi connectivity index (χ3v) is 4.32. The van der Waals surface area contributed by atoms with Gasteiger partial charge in [0, 0.05) is 22.3 Å². The molecule has 0 N–H and O–H groups in total. The van der Waals surface area contributed by atoms with Crippen LogP contribution in [0.5, 0.6) is 0 Å². The van der Waals surface area contributed by atoms with E-state index in [0.29, 0.717) is 5.82 Å². The normalized spacial score (nSPS) is 12.7. The van der Waals surface area contributed by atoms with Crippen LogP contribution in [-0.2, 0) is 14.5 Å². The number of hydrogen-bond donors (Lipinski definition) is 0. The van der Waals surface area contributed by atoms with Crippen LogP contribution in [0.2, 0.25) is 5.15 Å². The van der Waals surface area contributed by atoms with Gasteiger partial charge in [0.25, 0.3) is 9.05 Å². The van der Waals surface area contributed by atoms with Crippen LogP contribution in [0.15, 0.2) is 23.2 Å². The molecular weight excluding hydrogens is 323 g/mol. The molecule has 0 fully saturated rings. The molecule has 0 spiro atoms. The Morgan fingerprint density at radius 1 is 1.30 bits per heavy atom. The Kier molecular flexibility index (Phi) is 3.79. The molecule has 0 aliphatic heterocycles. The summed E-state index contributed by atoms with van der Waals surface area (Å²) >= 11 is 6.12. The maximum atomic E-state index is 11.8. The van der Waals surface area contributed by atoms with Crippen molar-refractivity contribution in [3.05, 3.63) is 29.2 Å². The Morgan fingerprint density at radius 3 is 2.35 bits per heavy atom. The molecule has 0 atom stereocenters. The van der Waals surface area contributed by atoms with Gasteiger partial charge in [0.05, 0.1) is 5.69 Å². The van der Waals surface area contributed by atoms with Crippen molar-refractivity contribution in [3.8, 4) is 5.82 Å². The zero-order chi connectivity index (χ0) is 15.1. The second kappa shape index (κ2) is 4.98. The average Bonchev–Trinajstić information content (AvgIpc) is 2.67. The number of hydrogen-bond acceptors (Lipinski definition) is 5. The second-order valence-electron chi connectivity index (χ2n) is 5.15. The highest BCUT2D eigenvalue weighted by Crippen LogP contribution is 2.36. The van der Waals surface area contributed by atoms with Crippen molar-refractivity contribution in [1.82, 2.24) is 20.0 Å². The summed E-state index contributed by atoms with van der Waals surface area (Å²) in [5, 5.41) is 11.7. The molecule has 6 nitrogen and oxygen atoms in total. The van der Waals surface area contributed by atoms with Gasteiger partial charge < -0.3 is 0 Å². The average molecular weight is 335 g/mol. The molecule has 20 heavy (non-hydrogen) atoms. The molecule has 0 saturated heterocycles. The number of rotatable bonds is 2. The van der Waals surface area contributed by atoms with Crippen LogP contribution in [0.4, 0.5) is 0 Å². The van der Waals surface area contributed by atoms with E-state index in [2.05, 4.69) is 15.3 Å². The van der Waals surface area contributed by atoms with E-state index in [1.165, 1.54) is 10.9 Å². The zero-order valence-corrected chi connectivity index (χ0v) is 13.3. The third kappa shape index (κ3) is 2.79. The molecule has 2 aromatic rings. The molecule has 2 aromatic heterocycles. The Bertz CT molecular complexity index is 736. The largest absolute Gasteiger partial charge is 0.266 e. The second-order valence-corrected chi connectivity index (χ2v) is 8.01. The molecule has 2 rings (SSSR count). The molecule has 0 bridgehead atoms. The van der Waals surface area contributed by atoms with Crippen molar-refractivity contribution in [1.29, 1.82) is 0 Å². The van der Waals surface area contributed by atoms with E-state index in [9.17, 15) is 8.42 Å². The van der Waals surface area contributed by atoms with Crippen LogP contribution in [-0.4, -0.2) is 28.4 Å². The first-order valence-corrected chi connectivity index (χ1v) is 8.33. The van der Waals surface area contributed by atoms with Crippen LogP contribution in [0.3, 0.4) is 0 Å². The van der Waals surface area contributed by atoms with Crippen molar-refractivity contribution >= 4 is 31.3 Å².